The number of anilines is 2. The number of carbonyl (C=O) groups is 2. The van der Waals surface area contributed by atoms with E-state index in [-0.39, 0.29) is 53.1 Å². The second kappa shape index (κ2) is 9.69. The molecule has 4 rings (SSSR count). The van der Waals surface area contributed by atoms with Crippen molar-refractivity contribution in [1.82, 2.24) is 4.31 Å². The number of fused-ring (bicyclic) bond motifs is 1. The van der Waals surface area contributed by atoms with E-state index in [0.29, 0.717) is 35.7 Å². The standard InChI is InChI=1S/C22H24ClN3O7S/c1-31-15-7-14(8-16(9-15)32-2)24-22(28)13-3-5-26(6-4-13)34(29,30)20-11-19-18(10-17(20)23)25-21(27)12-33-19/h7-11,13H,3-6,12H2,1-2H3,(H,24,28)(H,25,27). The maximum absolute atomic E-state index is 13.2. The Morgan fingerprint density at radius 1 is 1.12 bits per heavy atom. The van der Waals surface area contributed by atoms with E-state index in [9.17, 15) is 18.0 Å². The molecule has 0 unspecified atom stereocenters. The summed E-state index contributed by atoms with van der Waals surface area (Å²) in [5.41, 5.74) is 0.855. The molecule has 0 radical (unpaired) electrons. The summed E-state index contributed by atoms with van der Waals surface area (Å²) in [6, 6.07) is 7.75. The highest BCUT2D eigenvalue weighted by Gasteiger charge is 2.34. The molecule has 34 heavy (non-hydrogen) atoms. The number of benzene rings is 2. The van der Waals surface area contributed by atoms with E-state index < -0.39 is 10.0 Å². The highest BCUT2D eigenvalue weighted by Crippen LogP contribution is 2.37. The van der Waals surface area contributed by atoms with Crippen molar-refractivity contribution in [2.75, 3.05) is 44.5 Å². The maximum Gasteiger partial charge on any atom is 0.262 e. The summed E-state index contributed by atoms with van der Waals surface area (Å²) in [7, 11) is -0.879. The van der Waals surface area contributed by atoms with E-state index in [2.05, 4.69) is 10.6 Å². The van der Waals surface area contributed by atoms with Gasteiger partial charge in [0.2, 0.25) is 15.9 Å². The number of rotatable bonds is 6. The minimum Gasteiger partial charge on any atom is -0.497 e. The number of sulfonamides is 1. The Labute approximate surface area is 202 Å². The topological polar surface area (TPSA) is 123 Å². The Balaban J connectivity index is 1.43. The first-order chi connectivity index (χ1) is 16.2. The molecular formula is C22H24ClN3O7S. The van der Waals surface area contributed by atoms with E-state index in [4.69, 9.17) is 25.8 Å². The minimum atomic E-state index is -3.92. The molecule has 2 aromatic carbocycles. The van der Waals surface area contributed by atoms with E-state index >= 15 is 0 Å². The van der Waals surface area contributed by atoms with E-state index in [1.54, 1.807) is 18.2 Å². The van der Waals surface area contributed by atoms with Gasteiger partial charge in [0.15, 0.2) is 6.61 Å². The second-order valence-corrected chi connectivity index (χ2v) is 10.2. The van der Waals surface area contributed by atoms with Crippen LogP contribution in [-0.2, 0) is 19.6 Å². The summed E-state index contributed by atoms with van der Waals surface area (Å²) in [6.45, 7) is 0.119. The third-order valence-electron chi connectivity index (χ3n) is 5.73. The largest absolute Gasteiger partial charge is 0.497 e. The highest BCUT2D eigenvalue weighted by molar-refractivity contribution is 7.89. The molecule has 0 aromatic heterocycles. The lowest BCUT2D eigenvalue weighted by Gasteiger charge is -2.31. The smallest absolute Gasteiger partial charge is 0.262 e. The first-order valence-electron chi connectivity index (χ1n) is 10.5. The average Bonchev–Trinajstić information content (AvgIpc) is 2.83. The molecular weight excluding hydrogens is 486 g/mol. The van der Waals surface area contributed by atoms with Crippen LogP contribution < -0.4 is 24.8 Å². The summed E-state index contributed by atoms with van der Waals surface area (Å²) in [5, 5.41) is 5.43. The monoisotopic (exact) mass is 509 g/mol. The third kappa shape index (κ3) is 4.91. The molecule has 10 nitrogen and oxygen atoms in total. The van der Waals surface area contributed by atoms with Gasteiger partial charge < -0.3 is 24.8 Å². The van der Waals surface area contributed by atoms with E-state index in [1.165, 1.54) is 30.7 Å². The highest BCUT2D eigenvalue weighted by atomic mass is 35.5. The van der Waals surface area contributed by atoms with Crippen LogP contribution in [0.2, 0.25) is 5.02 Å². The van der Waals surface area contributed by atoms with Crippen LogP contribution in [0.25, 0.3) is 0 Å². The maximum atomic E-state index is 13.2. The van der Waals surface area contributed by atoms with Crippen LogP contribution in [0.4, 0.5) is 11.4 Å². The number of ether oxygens (including phenoxy) is 3. The molecule has 2 amide bonds. The molecule has 1 saturated heterocycles. The first kappa shape index (κ1) is 24.1. The van der Waals surface area contributed by atoms with Crippen molar-refractivity contribution in [3.8, 4) is 17.2 Å². The molecule has 0 spiro atoms. The number of carbonyl (C=O) groups excluding carboxylic acids is 2. The lowest BCUT2D eigenvalue weighted by atomic mass is 9.97. The molecule has 1 fully saturated rings. The predicted octanol–water partition coefficient (Wildman–Crippen LogP) is 2.73. The van der Waals surface area contributed by atoms with Gasteiger partial charge in [-0.05, 0) is 18.9 Å². The zero-order chi connectivity index (χ0) is 24.5. The lowest BCUT2D eigenvalue weighted by molar-refractivity contribution is -0.121. The number of nitrogens with one attached hydrogen (secondary N) is 2. The summed E-state index contributed by atoms with van der Waals surface area (Å²) in [5.74, 6) is 0.420. The number of hydrogen-bond acceptors (Lipinski definition) is 7. The van der Waals surface area contributed by atoms with Crippen molar-refractivity contribution < 1.29 is 32.2 Å². The molecule has 2 heterocycles. The van der Waals surface area contributed by atoms with Crippen LogP contribution >= 0.6 is 11.6 Å². The molecule has 2 aliphatic heterocycles. The van der Waals surface area contributed by atoms with Crippen molar-refractivity contribution in [3.05, 3.63) is 35.4 Å². The van der Waals surface area contributed by atoms with E-state index in [0.717, 1.165) is 0 Å². The second-order valence-electron chi connectivity index (χ2n) is 7.88. The summed E-state index contributed by atoms with van der Waals surface area (Å²) in [6.07, 6.45) is 0.697. The predicted molar refractivity (Wildman–Crippen MR) is 125 cm³/mol. The summed E-state index contributed by atoms with van der Waals surface area (Å²) in [4.78, 5) is 24.2. The zero-order valence-corrected chi connectivity index (χ0v) is 20.2. The Morgan fingerprint density at radius 3 is 2.38 bits per heavy atom. The van der Waals surface area contributed by atoms with Crippen LogP contribution in [0, 0.1) is 5.92 Å². The SMILES string of the molecule is COc1cc(NC(=O)C2CCN(S(=O)(=O)c3cc4c(cc3Cl)NC(=O)CO4)CC2)cc(OC)c1. The van der Waals surface area contributed by atoms with Gasteiger partial charge in [-0.3, -0.25) is 9.59 Å². The van der Waals surface area contributed by atoms with Crippen molar-refractivity contribution >= 4 is 44.8 Å². The van der Waals surface area contributed by atoms with Gasteiger partial charge in [0.1, 0.15) is 22.1 Å². The van der Waals surface area contributed by atoms with Crippen LogP contribution in [-0.4, -0.2) is 58.5 Å². The van der Waals surface area contributed by atoms with Gasteiger partial charge in [-0.2, -0.15) is 4.31 Å². The fraction of sp³-hybridized carbons (Fsp3) is 0.364. The van der Waals surface area contributed by atoms with Crippen molar-refractivity contribution in [2.45, 2.75) is 17.7 Å². The van der Waals surface area contributed by atoms with Crippen LogP contribution in [0.1, 0.15) is 12.8 Å². The van der Waals surface area contributed by atoms with E-state index in [1.807, 2.05) is 0 Å². The van der Waals surface area contributed by atoms with Crippen LogP contribution in [0.15, 0.2) is 35.2 Å². The Morgan fingerprint density at radius 2 is 1.76 bits per heavy atom. The third-order valence-corrected chi connectivity index (χ3v) is 8.09. The fourth-order valence-corrected chi connectivity index (χ4v) is 5.89. The van der Waals surface area contributed by atoms with Crippen LogP contribution in [0.5, 0.6) is 17.2 Å². The number of hydrogen-bond donors (Lipinski definition) is 2. The number of amides is 2. The Bertz CT molecular complexity index is 1200. The van der Waals surface area contributed by atoms with Gasteiger partial charge in [-0.25, -0.2) is 8.42 Å². The van der Waals surface area contributed by atoms with Gasteiger partial charge >= 0.3 is 0 Å². The van der Waals surface area contributed by atoms with Gasteiger partial charge in [-0.1, -0.05) is 11.6 Å². The molecule has 182 valence electrons. The van der Waals surface area contributed by atoms with Crippen molar-refractivity contribution in [2.24, 2.45) is 5.92 Å². The molecule has 2 aliphatic rings. The molecule has 0 atom stereocenters. The zero-order valence-electron chi connectivity index (χ0n) is 18.6. The normalized spacial score (nSPS) is 16.7. The minimum absolute atomic E-state index is 0.0172. The summed E-state index contributed by atoms with van der Waals surface area (Å²) < 4.78 is 43.6. The average molecular weight is 510 g/mol. The summed E-state index contributed by atoms with van der Waals surface area (Å²) >= 11 is 6.23. The number of piperidine rings is 1. The molecule has 0 bridgehead atoms. The number of halogens is 1. The van der Waals surface area contributed by atoms with Gasteiger partial charge in [-0.15, -0.1) is 0 Å². The molecule has 2 aromatic rings. The van der Waals surface area contributed by atoms with Crippen LogP contribution in [0.3, 0.4) is 0 Å². The van der Waals surface area contributed by atoms with Crippen molar-refractivity contribution in [1.29, 1.82) is 0 Å². The quantitative estimate of drug-likeness (QED) is 0.613. The lowest BCUT2D eigenvalue weighted by Crippen LogP contribution is -2.41. The molecule has 2 N–H and O–H groups in total. The van der Waals surface area contributed by atoms with Gasteiger partial charge in [0, 0.05) is 49.0 Å². The Hall–Kier alpha value is -3.02. The molecule has 12 heteroatoms. The fourth-order valence-electron chi connectivity index (χ4n) is 3.90. The first-order valence-corrected chi connectivity index (χ1v) is 12.3. The van der Waals surface area contributed by atoms with Gasteiger partial charge in [0.05, 0.1) is 24.9 Å². The number of nitrogens with zero attached hydrogens (tertiary/aromatic N) is 1. The van der Waals surface area contributed by atoms with Gasteiger partial charge in [0.25, 0.3) is 5.91 Å². The molecule has 0 saturated carbocycles. The Kier molecular flexibility index (Phi) is 6.87. The van der Waals surface area contributed by atoms with Crippen molar-refractivity contribution in [3.63, 3.8) is 0 Å². The number of methoxy groups -OCH3 is 2. The molecule has 0 aliphatic carbocycles.